The van der Waals surface area contributed by atoms with Gasteiger partial charge in [-0.05, 0) is 107 Å². The Morgan fingerprint density at radius 1 is 1.13 bits per heavy atom. The molecule has 7 atom stereocenters. The van der Waals surface area contributed by atoms with E-state index in [2.05, 4.69) is 4.72 Å². The number of carbonyl (C=O) groups is 4. The summed E-state index contributed by atoms with van der Waals surface area (Å²) >= 11 is 0. The molecule has 61 heavy (non-hydrogen) atoms. The lowest BCUT2D eigenvalue weighted by Gasteiger charge is -2.33. The van der Waals surface area contributed by atoms with Crippen LogP contribution in [0.15, 0.2) is 30.4 Å². The summed E-state index contributed by atoms with van der Waals surface area (Å²) in [5.41, 5.74) is -2.70. The van der Waals surface area contributed by atoms with Crippen molar-refractivity contribution in [1.82, 2.24) is 14.6 Å². The van der Waals surface area contributed by atoms with Gasteiger partial charge in [-0.15, -0.1) is 0 Å². The quantitative estimate of drug-likeness (QED) is 0.195. The SMILES string of the molecule is COc1ccc2c(O[C@@H]3C[C@H]4C(=O)C[C@]5(C(=O)NS(=O)(=O)C6(CF)CC6)C[C@H]5/C=C\CC[C@H](C)C[C@@H](C)[C@H](CC(=O)OC(C)(C)C(F)F)C(=O)N4C3)nc3c(c2c1)CCCO3. The van der Waals surface area contributed by atoms with Gasteiger partial charge in [-0.1, -0.05) is 26.0 Å². The Morgan fingerprint density at radius 3 is 2.57 bits per heavy atom. The molecule has 1 aromatic heterocycles. The molecule has 334 valence electrons. The molecule has 2 aliphatic carbocycles. The number of ketones is 1. The van der Waals surface area contributed by atoms with Crippen molar-refractivity contribution in [3.05, 3.63) is 35.9 Å². The third kappa shape index (κ3) is 8.95. The third-order valence-corrected chi connectivity index (χ3v) is 15.5. The van der Waals surface area contributed by atoms with E-state index in [9.17, 15) is 40.8 Å². The standard InChI is InChI=1S/C44H56F3N3O10S/c1-25-9-6-7-10-27-21-44(27,41(54)49-61(55,56)43(24-45)14-15-43)22-35(51)34-19-29(23-50(34)39(53)32(26(2)17-25)20-36(52)60-42(3,4)40(46)47)59-38-31-13-12-28(57-5)18-33(31)30-11-8-16-58-37(30)48-38/h7,10,12-13,18,25-27,29,32,34,40H,6,8-9,11,14-17,19-24H2,1-5H3,(H,49,54)/b10-7-/t25-,26+,27+,29+,32-,34-,44+/m0/s1. The number of sulfonamides is 1. The van der Waals surface area contributed by atoms with Crippen molar-refractivity contribution >= 4 is 44.4 Å². The van der Waals surface area contributed by atoms with E-state index in [0.29, 0.717) is 49.3 Å². The van der Waals surface area contributed by atoms with Crippen LogP contribution in [0.3, 0.4) is 0 Å². The summed E-state index contributed by atoms with van der Waals surface area (Å²) in [6.45, 7) is 5.18. The molecule has 1 N–H and O–H groups in total. The monoisotopic (exact) mass is 875 g/mol. The first kappa shape index (κ1) is 44.6. The lowest BCUT2D eigenvalue weighted by atomic mass is 9.82. The van der Waals surface area contributed by atoms with Crippen LogP contribution < -0.4 is 18.9 Å². The molecule has 3 aliphatic heterocycles. The smallest absolute Gasteiger partial charge is 0.307 e. The van der Waals surface area contributed by atoms with E-state index in [4.69, 9.17) is 23.9 Å². The minimum Gasteiger partial charge on any atom is -0.497 e. The number of fused-ring (bicyclic) bond motifs is 5. The number of allylic oxidation sites excluding steroid dienone is 2. The molecule has 0 unspecified atom stereocenters. The number of benzene rings is 1. The van der Waals surface area contributed by atoms with Gasteiger partial charge in [0, 0.05) is 23.8 Å². The van der Waals surface area contributed by atoms with Gasteiger partial charge in [-0.3, -0.25) is 23.9 Å². The van der Waals surface area contributed by atoms with Gasteiger partial charge in [-0.2, -0.15) is 4.98 Å². The second kappa shape index (κ2) is 17.0. The number of carbonyl (C=O) groups excluding carboxylic acids is 4. The van der Waals surface area contributed by atoms with Crippen LogP contribution >= 0.6 is 0 Å². The number of halogens is 3. The molecule has 1 aromatic carbocycles. The number of pyridine rings is 1. The van der Waals surface area contributed by atoms with E-state index < -0.39 is 105 Å². The summed E-state index contributed by atoms with van der Waals surface area (Å²) < 4.78 is 91.8. The number of Topliss-reactive ketones (excluding diaryl/α,β-unsaturated/α-hetero) is 1. The molecule has 17 heteroatoms. The fraction of sp³-hybridized carbons (Fsp3) is 0.659. The maximum Gasteiger partial charge on any atom is 0.307 e. The van der Waals surface area contributed by atoms with E-state index in [0.717, 1.165) is 31.2 Å². The number of aromatic nitrogens is 1. The zero-order valence-electron chi connectivity index (χ0n) is 35.3. The van der Waals surface area contributed by atoms with Gasteiger partial charge >= 0.3 is 5.97 Å². The number of methoxy groups -OCH3 is 1. The number of esters is 1. The van der Waals surface area contributed by atoms with Crippen LogP contribution in [0.25, 0.3) is 10.8 Å². The fourth-order valence-electron chi connectivity index (χ4n) is 9.25. The summed E-state index contributed by atoms with van der Waals surface area (Å²) in [7, 11) is -2.84. The zero-order chi connectivity index (χ0) is 44.1. The number of aryl methyl sites for hydroxylation is 1. The number of ether oxygens (including phenoxy) is 4. The summed E-state index contributed by atoms with van der Waals surface area (Å²) in [5, 5.41) is 1.46. The Kier molecular flexibility index (Phi) is 12.5. The number of nitrogens with zero attached hydrogens (tertiary/aromatic N) is 2. The minimum atomic E-state index is -4.40. The minimum absolute atomic E-state index is 0.0380. The second-order valence-corrected chi connectivity index (χ2v) is 20.5. The summed E-state index contributed by atoms with van der Waals surface area (Å²) in [6, 6.07) is 4.27. The Bertz CT molecular complexity index is 2200. The van der Waals surface area contributed by atoms with Gasteiger partial charge in [0.25, 0.3) is 6.43 Å². The molecule has 1 saturated heterocycles. The second-order valence-electron chi connectivity index (χ2n) is 18.4. The van der Waals surface area contributed by atoms with Crippen molar-refractivity contribution in [2.45, 2.75) is 127 Å². The Morgan fingerprint density at radius 2 is 1.89 bits per heavy atom. The number of nitrogens with one attached hydrogen (secondary N) is 1. The lowest BCUT2D eigenvalue weighted by Crippen LogP contribution is -2.48. The summed E-state index contributed by atoms with van der Waals surface area (Å²) in [6.07, 6.45) is 2.47. The zero-order valence-corrected chi connectivity index (χ0v) is 36.2. The topological polar surface area (TPSA) is 167 Å². The van der Waals surface area contributed by atoms with Crippen LogP contribution in [0.5, 0.6) is 17.5 Å². The first-order chi connectivity index (χ1) is 28.8. The predicted octanol–water partition coefficient (Wildman–Crippen LogP) is 6.44. The van der Waals surface area contributed by atoms with Crippen molar-refractivity contribution in [2.24, 2.45) is 29.1 Å². The van der Waals surface area contributed by atoms with Crippen molar-refractivity contribution in [1.29, 1.82) is 0 Å². The maximum absolute atomic E-state index is 15.0. The first-order valence-corrected chi connectivity index (χ1v) is 22.7. The van der Waals surface area contributed by atoms with Gasteiger partial charge in [0.1, 0.15) is 23.3 Å². The number of alkyl halides is 3. The molecule has 2 saturated carbocycles. The number of amides is 2. The first-order valence-electron chi connectivity index (χ1n) is 21.3. The summed E-state index contributed by atoms with van der Waals surface area (Å²) in [5.74, 6) is -3.75. The van der Waals surface area contributed by atoms with Crippen molar-refractivity contribution < 1.29 is 59.7 Å². The molecule has 13 nitrogen and oxygen atoms in total. The number of rotatable bonds is 11. The van der Waals surface area contributed by atoms with E-state index in [1.165, 1.54) is 4.90 Å². The Hall–Kier alpha value is -4.41. The highest BCUT2D eigenvalue weighted by molar-refractivity contribution is 7.91. The normalized spacial score (nSPS) is 29.6. The average Bonchev–Trinajstić information content (AvgIpc) is 4.12. The van der Waals surface area contributed by atoms with Crippen LogP contribution in [0.4, 0.5) is 13.2 Å². The van der Waals surface area contributed by atoms with Crippen LogP contribution in [0.2, 0.25) is 0 Å². The highest BCUT2D eigenvalue weighted by atomic mass is 32.2. The molecule has 2 aromatic rings. The van der Waals surface area contributed by atoms with Crippen LogP contribution in [-0.2, 0) is 40.4 Å². The largest absolute Gasteiger partial charge is 0.497 e. The highest BCUT2D eigenvalue weighted by Gasteiger charge is 2.63. The molecular formula is C44H56F3N3O10S. The van der Waals surface area contributed by atoms with Gasteiger partial charge in [0.05, 0.1) is 44.1 Å². The van der Waals surface area contributed by atoms with Crippen molar-refractivity contribution in [3.63, 3.8) is 0 Å². The van der Waals surface area contributed by atoms with E-state index in [1.807, 2.05) is 38.1 Å². The van der Waals surface area contributed by atoms with Crippen LogP contribution in [-0.4, -0.2) is 97.7 Å². The molecular weight excluding hydrogens is 820 g/mol. The number of hydrogen-bond acceptors (Lipinski definition) is 11. The van der Waals surface area contributed by atoms with Gasteiger partial charge in [0.15, 0.2) is 11.4 Å². The van der Waals surface area contributed by atoms with Gasteiger partial charge in [-0.25, -0.2) is 21.6 Å². The van der Waals surface area contributed by atoms with Gasteiger partial charge < -0.3 is 23.8 Å². The highest BCUT2D eigenvalue weighted by Crippen LogP contribution is 2.58. The molecule has 7 rings (SSSR count). The van der Waals surface area contributed by atoms with Crippen molar-refractivity contribution in [3.8, 4) is 17.5 Å². The Labute approximate surface area is 354 Å². The lowest BCUT2D eigenvalue weighted by molar-refractivity contribution is -0.174. The van der Waals surface area contributed by atoms with Crippen LogP contribution in [0.1, 0.15) is 97.5 Å². The van der Waals surface area contributed by atoms with E-state index in [-0.39, 0.29) is 44.0 Å². The summed E-state index contributed by atoms with van der Waals surface area (Å²) in [4.78, 5) is 63.3. The van der Waals surface area contributed by atoms with Gasteiger partial charge in [0.2, 0.25) is 33.6 Å². The molecule has 0 bridgehead atoms. The molecule has 4 heterocycles. The van der Waals surface area contributed by atoms with Crippen LogP contribution in [0, 0.1) is 29.1 Å². The maximum atomic E-state index is 15.0. The molecule has 5 aliphatic rings. The number of hydrogen-bond donors (Lipinski definition) is 1. The predicted molar refractivity (Wildman–Crippen MR) is 217 cm³/mol. The fourth-order valence-corrected chi connectivity index (χ4v) is 10.7. The van der Waals surface area contributed by atoms with E-state index >= 15 is 0 Å². The van der Waals surface area contributed by atoms with Crippen molar-refractivity contribution in [2.75, 3.05) is 26.9 Å². The molecule has 0 spiro atoms. The molecule has 0 radical (unpaired) electrons. The third-order valence-electron chi connectivity index (χ3n) is 13.4. The van der Waals surface area contributed by atoms with E-state index in [1.54, 1.807) is 13.2 Å². The molecule has 3 fully saturated rings. The average molecular weight is 876 g/mol. The molecule has 2 amide bonds. The Balaban J connectivity index is 1.25.